The van der Waals surface area contributed by atoms with E-state index in [2.05, 4.69) is 22.6 Å². The molecule has 2 aromatic carbocycles. The maximum absolute atomic E-state index is 12.0. The summed E-state index contributed by atoms with van der Waals surface area (Å²) in [5.74, 6) is 1.01. The number of rotatable bonds is 4. The van der Waals surface area contributed by atoms with E-state index in [1.54, 1.807) is 13.0 Å². The van der Waals surface area contributed by atoms with Gasteiger partial charge in [-0.25, -0.2) is 0 Å². The standard InChI is InChI=1S/C18H16N2O2/c1-13-11-17(20-22-13)19-18(21)12-14-7-9-16(10-8-14)15-5-3-2-4-6-15/h2-11H,12H2,1H3,(H,19,20,21). The number of nitrogens with zero attached hydrogens (tertiary/aromatic N) is 1. The third-order valence-corrected chi connectivity index (χ3v) is 3.32. The molecular formula is C18H16N2O2. The fraction of sp³-hybridized carbons (Fsp3) is 0.111. The first-order chi connectivity index (χ1) is 10.7. The first-order valence-corrected chi connectivity index (χ1v) is 7.08. The van der Waals surface area contributed by atoms with E-state index < -0.39 is 0 Å². The number of anilines is 1. The molecule has 0 saturated carbocycles. The van der Waals surface area contributed by atoms with Crippen molar-refractivity contribution in [1.82, 2.24) is 5.16 Å². The Morgan fingerprint density at radius 1 is 1.05 bits per heavy atom. The molecule has 1 heterocycles. The van der Waals surface area contributed by atoms with Crippen LogP contribution in [0.25, 0.3) is 11.1 Å². The average Bonchev–Trinajstić information content (AvgIpc) is 2.94. The lowest BCUT2D eigenvalue weighted by atomic mass is 10.0. The normalized spacial score (nSPS) is 10.4. The summed E-state index contributed by atoms with van der Waals surface area (Å²) in [7, 11) is 0. The van der Waals surface area contributed by atoms with Gasteiger partial charge in [-0.05, 0) is 23.6 Å². The number of aryl methyl sites for hydroxylation is 1. The second-order valence-electron chi connectivity index (χ2n) is 5.11. The van der Waals surface area contributed by atoms with E-state index in [0.29, 0.717) is 18.0 Å². The Kier molecular flexibility index (Phi) is 4.01. The Balaban J connectivity index is 1.65. The zero-order valence-corrected chi connectivity index (χ0v) is 12.2. The Bertz CT molecular complexity index is 761. The van der Waals surface area contributed by atoms with Gasteiger partial charge in [-0.1, -0.05) is 59.8 Å². The number of hydrogen-bond donors (Lipinski definition) is 1. The monoisotopic (exact) mass is 292 g/mol. The van der Waals surface area contributed by atoms with Gasteiger partial charge in [0.05, 0.1) is 6.42 Å². The largest absolute Gasteiger partial charge is 0.360 e. The summed E-state index contributed by atoms with van der Waals surface area (Å²) in [5.41, 5.74) is 3.26. The zero-order valence-electron chi connectivity index (χ0n) is 12.2. The van der Waals surface area contributed by atoms with Gasteiger partial charge in [0.1, 0.15) is 5.76 Å². The highest BCUT2D eigenvalue weighted by Crippen LogP contribution is 2.19. The molecule has 0 aliphatic carbocycles. The van der Waals surface area contributed by atoms with E-state index in [1.807, 2.05) is 42.5 Å². The summed E-state index contributed by atoms with van der Waals surface area (Å²) in [4.78, 5) is 12.0. The fourth-order valence-electron chi connectivity index (χ4n) is 2.24. The van der Waals surface area contributed by atoms with Crippen LogP contribution in [0.1, 0.15) is 11.3 Å². The molecule has 0 fully saturated rings. The van der Waals surface area contributed by atoms with Crippen LogP contribution < -0.4 is 5.32 Å². The number of carbonyl (C=O) groups is 1. The molecule has 4 nitrogen and oxygen atoms in total. The third kappa shape index (κ3) is 3.41. The molecule has 1 aromatic heterocycles. The Morgan fingerprint density at radius 3 is 2.36 bits per heavy atom. The molecule has 3 aromatic rings. The summed E-state index contributed by atoms with van der Waals surface area (Å²) in [6, 6.07) is 19.8. The lowest BCUT2D eigenvalue weighted by Crippen LogP contribution is -2.14. The highest BCUT2D eigenvalue weighted by Gasteiger charge is 2.07. The molecule has 0 saturated heterocycles. The first-order valence-electron chi connectivity index (χ1n) is 7.08. The third-order valence-electron chi connectivity index (χ3n) is 3.32. The molecule has 1 amide bonds. The SMILES string of the molecule is Cc1cc(NC(=O)Cc2ccc(-c3ccccc3)cc2)no1. The van der Waals surface area contributed by atoms with Crippen molar-refractivity contribution in [3.8, 4) is 11.1 Å². The summed E-state index contributed by atoms with van der Waals surface area (Å²) < 4.78 is 4.92. The molecule has 4 heteroatoms. The van der Waals surface area contributed by atoms with Crippen molar-refractivity contribution >= 4 is 11.7 Å². The van der Waals surface area contributed by atoms with Crippen LogP contribution in [0.15, 0.2) is 65.2 Å². The molecule has 0 unspecified atom stereocenters. The fourth-order valence-corrected chi connectivity index (χ4v) is 2.24. The molecule has 1 N–H and O–H groups in total. The summed E-state index contributed by atoms with van der Waals surface area (Å²) in [6.45, 7) is 1.78. The van der Waals surface area contributed by atoms with Crippen molar-refractivity contribution in [2.75, 3.05) is 5.32 Å². The Hall–Kier alpha value is -2.88. The number of amides is 1. The van der Waals surface area contributed by atoms with Crippen molar-refractivity contribution in [2.24, 2.45) is 0 Å². The number of nitrogens with one attached hydrogen (secondary N) is 1. The van der Waals surface area contributed by atoms with Gasteiger partial charge in [-0.3, -0.25) is 4.79 Å². The molecular weight excluding hydrogens is 276 g/mol. The molecule has 0 aliphatic heterocycles. The molecule has 110 valence electrons. The van der Waals surface area contributed by atoms with Crippen LogP contribution in [0, 0.1) is 6.92 Å². The van der Waals surface area contributed by atoms with Gasteiger partial charge in [0, 0.05) is 6.07 Å². The smallest absolute Gasteiger partial charge is 0.230 e. The molecule has 0 aliphatic rings. The van der Waals surface area contributed by atoms with Crippen molar-refractivity contribution in [1.29, 1.82) is 0 Å². The minimum atomic E-state index is -0.110. The van der Waals surface area contributed by atoms with Crippen LogP contribution in [0.4, 0.5) is 5.82 Å². The molecule has 3 rings (SSSR count). The lowest BCUT2D eigenvalue weighted by molar-refractivity contribution is -0.115. The second-order valence-corrected chi connectivity index (χ2v) is 5.11. The topological polar surface area (TPSA) is 55.1 Å². The van der Waals surface area contributed by atoms with Gasteiger partial charge in [0.25, 0.3) is 0 Å². The predicted octanol–water partition coefficient (Wildman–Crippen LogP) is 3.83. The van der Waals surface area contributed by atoms with Gasteiger partial charge >= 0.3 is 0 Å². The van der Waals surface area contributed by atoms with Gasteiger partial charge in [0.2, 0.25) is 5.91 Å². The molecule has 0 radical (unpaired) electrons. The number of hydrogen-bond acceptors (Lipinski definition) is 3. The van der Waals surface area contributed by atoms with Crippen molar-refractivity contribution in [3.05, 3.63) is 72.0 Å². The van der Waals surface area contributed by atoms with E-state index in [4.69, 9.17) is 4.52 Å². The zero-order chi connectivity index (χ0) is 15.4. The number of carbonyl (C=O) groups excluding carboxylic acids is 1. The molecule has 22 heavy (non-hydrogen) atoms. The van der Waals surface area contributed by atoms with Crippen LogP contribution in [-0.4, -0.2) is 11.1 Å². The average molecular weight is 292 g/mol. The van der Waals surface area contributed by atoms with Crippen LogP contribution >= 0.6 is 0 Å². The van der Waals surface area contributed by atoms with E-state index in [-0.39, 0.29) is 5.91 Å². The first kappa shape index (κ1) is 14.1. The number of aromatic nitrogens is 1. The van der Waals surface area contributed by atoms with Crippen molar-refractivity contribution < 1.29 is 9.32 Å². The Labute approximate surface area is 128 Å². The van der Waals surface area contributed by atoms with Crippen LogP contribution in [0.3, 0.4) is 0 Å². The van der Waals surface area contributed by atoms with Gasteiger partial charge in [0.15, 0.2) is 5.82 Å². The predicted molar refractivity (Wildman–Crippen MR) is 85.5 cm³/mol. The van der Waals surface area contributed by atoms with E-state index in [0.717, 1.165) is 16.7 Å². The van der Waals surface area contributed by atoms with E-state index in [1.165, 1.54) is 0 Å². The van der Waals surface area contributed by atoms with Gasteiger partial charge in [-0.2, -0.15) is 0 Å². The van der Waals surface area contributed by atoms with Crippen LogP contribution in [-0.2, 0) is 11.2 Å². The van der Waals surface area contributed by atoms with Crippen LogP contribution in [0.2, 0.25) is 0 Å². The number of benzene rings is 2. The minimum Gasteiger partial charge on any atom is -0.360 e. The van der Waals surface area contributed by atoms with Crippen molar-refractivity contribution in [2.45, 2.75) is 13.3 Å². The quantitative estimate of drug-likeness (QED) is 0.795. The summed E-state index contributed by atoms with van der Waals surface area (Å²) in [5, 5.41) is 6.46. The molecule has 0 bridgehead atoms. The van der Waals surface area contributed by atoms with E-state index >= 15 is 0 Å². The maximum Gasteiger partial charge on any atom is 0.230 e. The maximum atomic E-state index is 12.0. The van der Waals surface area contributed by atoms with Crippen molar-refractivity contribution in [3.63, 3.8) is 0 Å². The van der Waals surface area contributed by atoms with E-state index in [9.17, 15) is 4.79 Å². The summed E-state index contributed by atoms with van der Waals surface area (Å²) >= 11 is 0. The van der Waals surface area contributed by atoms with Gasteiger partial charge < -0.3 is 9.84 Å². The lowest BCUT2D eigenvalue weighted by Gasteiger charge is -2.04. The second kappa shape index (κ2) is 6.26. The molecule has 0 spiro atoms. The summed E-state index contributed by atoms with van der Waals surface area (Å²) in [6.07, 6.45) is 0.307. The Morgan fingerprint density at radius 2 is 1.73 bits per heavy atom. The van der Waals surface area contributed by atoms with Crippen LogP contribution in [0.5, 0.6) is 0 Å². The minimum absolute atomic E-state index is 0.110. The molecule has 0 atom stereocenters. The van der Waals surface area contributed by atoms with Gasteiger partial charge in [-0.15, -0.1) is 0 Å². The highest BCUT2D eigenvalue weighted by molar-refractivity contribution is 5.91. The highest BCUT2D eigenvalue weighted by atomic mass is 16.5.